The van der Waals surface area contributed by atoms with E-state index in [9.17, 15) is 0 Å². The molecule has 18 heavy (non-hydrogen) atoms. The predicted molar refractivity (Wildman–Crippen MR) is 69.0 cm³/mol. The van der Waals surface area contributed by atoms with Crippen molar-refractivity contribution in [3.63, 3.8) is 0 Å². The first kappa shape index (κ1) is 11.4. The molecule has 94 valence electrons. The molecule has 0 spiro atoms. The molecule has 0 bridgehead atoms. The maximum atomic E-state index is 5.71. The molecule has 1 aliphatic rings. The summed E-state index contributed by atoms with van der Waals surface area (Å²) in [6.45, 7) is 1.69. The van der Waals surface area contributed by atoms with Crippen LogP contribution in [0.2, 0.25) is 0 Å². The van der Waals surface area contributed by atoms with Crippen molar-refractivity contribution >= 4 is 0 Å². The lowest BCUT2D eigenvalue weighted by Crippen LogP contribution is -2.24. The molecule has 0 radical (unpaired) electrons. The van der Waals surface area contributed by atoms with Gasteiger partial charge in [-0.05, 0) is 19.3 Å². The predicted octanol–water partition coefficient (Wildman–Crippen LogP) is 2.51. The Labute approximate surface area is 107 Å². The van der Waals surface area contributed by atoms with Crippen LogP contribution in [0.4, 0.5) is 0 Å². The molecule has 2 aromatic rings. The summed E-state index contributed by atoms with van der Waals surface area (Å²) < 4.78 is 7.60. The van der Waals surface area contributed by atoms with Gasteiger partial charge in [-0.3, -0.25) is 0 Å². The van der Waals surface area contributed by atoms with Crippen molar-refractivity contribution in [1.82, 2.24) is 15.0 Å². The van der Waals surface area contributed by atoms with Gasteiger partial charge in [0.1, 0.15) is 5.69 Å². The van der Waals surface area contributed by atoms with E-state index in [0.29, 0.717) is 6.10 Å². The molecule has 1 aromatic heterocycles. The number of hydrogen-bond donors (Lipinski definition) is 0. The maximum Gasteiger partial charge on any atom is 0.113 e. The zero-order valence-corrected chi connectivity index (χ0v) is 10.3. The highest BCUT2D eigenvalue weighted by Crippen LogP contribution is 2.17. The van der Waals surface area contributed by atoms with Crippen LogP contribution >= 0.6 is 0 Å². The zero-order chi connectivity index (χ0) is 12.2. The minimum Gasteiger partial charge on any atom is -0.376 e. The Morgan fingerprint density at radius 3 is 2.89 bits per heavy atom. The second kappa shape index (κ2) is 5.31. The van der Waals surface area contributed by atoms with Gasteiger partial charge in [-0.15, -0.1) is 5.10 Å². The quantitative estimate of drug-likeness (QED) is 0.831. The van der Waals surface area contributed by atoms with E-state index >= 15 is 0 Å². The van der Waals surface area contributed by atoms with E-state index in [1.165, 1.54) is 12.8 Å². The first-order valence-corrected chi connectivity index (χ1v) is 6.49. The van der Waals surface area contributed by atoms with Crippen LogP contribution in [0.15, 0.2) is 36.5 Å². The van der Waals surface area contributed by atoms with Crippen molar-refractivity contribution < 1.29 is 4.74 Å². The summed E-state index contributed by atoms with van der Waals surface area (Å²) in [5, 5.41) is 8.38. The first-order valence-electron chi connectivity index (χ1n) is 6.49. The fourth-order valence-electron chi connectivity index (χ4n) is 2.29. The normalized spacial score (nSPS) is 19.9. The molecule has 4 nitrogen and oxygen atoms in total. The molecule has 2 heterocycles. The fourth-order valence-corrected chi connectivity index (χ4v) is 2.29. The molecule has 1 aromatic carbocycles. The molecular formula is C14H17N3O. The van der Waals surface area contributed by atoms with Gasteiger partial charge in [0.05, 0.1) is 18.8 Å². The van der Waals surface area contributed by atoms with Gasteiger partial charge in [0.2, 0.25) is 0 Å². The Morgan fingerprint density at radius 1 is 1.22 bits per heavy atom. The molecule has 0 N–H and O–H groups in total. The minimum atomic E-state index is 0.295. The summed E-state index contributed by atoms with van der Waals surface area (Å²) in [5.41, 5.74) is 2.03. The summed E-state index contributed by atoms with van der Waals surface area (Å²) in [6.07, 6.45) is 5.85. The third kappa shape index (κ3) is 2.59. The second-order valence-electron chi connectivity index (χ2n) is 4.68. The first-order chi connectivity index (χ1) is 8.92. The molecule has 1 atom stereocenters. The van der Waals surface area contributed by atoms with E-state index in [4.69, 9.17) is 4.74 Å². The lowest BCUT2D eigenvalue weighted by molar-refractivity contribution is 0.00370. The van der Waals surface area contributed by atoms with Gasteiger partial charge in [-0.2, -0.15) is 0 Å². The number of aromatic nitrogens is 3. The van der Waals surface area contributed by atoms with Crippen LogP contribution in [0.25, 0.3) is 11.3 Å². The van der Waals surface area contributed by atoms with Crippen molar-refractivity contribution in [2.24, 2.45) is 0 Å². The van der Waals surface area contributed by atoms with E-state index in [1.54, 1.807) is 0 Å². The van der Waals surface area contributed by atoms with Crippen molar-refractivity contribution in [1.29, 1.82) is 0 Å². The molecule has 1 fully saturated rings. The van der Waals surface area contributed by atoms with Crippen LogP contribution in [-0.2, 0) is 11.3 Å². The molecule has 1 aliphatic heterocycles. The summed E-state index contributed by atoms with van der Waals surface area (Å²) in [5.74, 6) is 0. The molecule has 3 rings (SSSR count). The van der Waals surface area contributed by atoms with Crippen molar-refractivity contribution in [2.45, 2.75) is 31.9 Å². The molecular weight excluding hydrogens is 226 g/mol. The van der Waals surface area contributed by atoms with Gasteiger partial charge in [-0.25, -0.2) is 4.68 Å². The van der Waals surface area contributed by atoms with Crippen molar-refractivity contribution in [2.75, 3.05) is 6.61 Å². The van der Waals surface area contributed by atoms with Crippen LogP contribution in [0, 0.1) is 0 Å². The molecule has 1 saturated heterocycles. The molecule has 4 heteroatoms. The van der Waals surface area contributed by atoms with E-state index in [-0.39, 0.29) is 0 Å². The summed E-state index contributed by atoms with van der Waals surface area (Å²) >= 11 is 0. The van der Waals surface area contributed by atoms with Crippen LogP contribution in [0.3, 0.4) is 0 Å². The maximum absolute atomic E-state index is 5.71. The van der Waals surface area contributed by atoms with Gasteiger partial charge < -0.3 is 4.74 Å². The van der Waals surface area contributed by atoms with Crippen LogP contribution < -0.4 is 0 Å². The number of benzene rings is 1. The van der Waals surface area contributed by atoms with Crippen molar-refractivity contribution in [3.05, 3.63) is 36.5 Å². The second-order valence-corrected chi connectivity index (χ2v) is 4.68. The topological polar surface area (TPSA) is 39.9 Å². The highest BCUT2D eigenvalue weighted by atomic mass is 16.5. The Balaban J connectivity index is 1.69. The smallest absolute Gasteiger partial charge is 0.113 e. The lowest BCUT2D eigenvalue weighted by Gasteiger charge is -2.21. The van der Waals surface area contributed by atoms with Gasteiger partial charge in [0.25, 0.3) is 0 Å². The van der Waals surface area contributed by atoms with Gasteiger partial charge in [0.15, 0.2) is 0 Å². The standard InChI is InChI=1S/C14H17N3O/c1-2-6-12(7-3-1)14-11-17(16-15-14)10-13-8-4-5-9-18-13/h1-3,6-7,11,13H,4-5,8-10H2. The number of hydrogen-bond acceptors (Lipinski definition) is 3. The van der Waals surface area contributed by atoms with Gasteiger partial charge in [-0.1, -0.05) is 35.5 Å². The Morgan fingerprint density at radius 2 is 2.11 bits per heavy atom. The summed E-state index contributed by atoms with van der Waals surface area (Å²) in [7, 11) is 0. The largest absolute Gasteiger partial charge is 0.376 e. The van der Waals surface area contributed by atoms with E-state index in [2.05, 4.69) is 10.3 Å². The van der Waals surface area contributed by atoms with E-state index in [0.717, 1.165) is 30.8 Å². The molecule has 0 saturated carbocycles. The highest BCUT2D eigenvalue weighted by molar-refractivity contribution is 5.57. The van der Waals surface area contributed by atoms with Crippen LogP contribution in [0.5, 0.6) is 0 Å². The lowest BCUT2D eigenvalue weighted by atomic mass is 10.1. The Kier molecular flexibility index (Phi) is 3.37. The zero-order valence-electron chi connectivity index (χ0n) is 10.3. The monoisotopic (exact) mass is 243 g/mol. The van der Waals surface area contributed by atoms with E-state index in [1.807, 2.05) is 41.2 Å². The third-order valence-electron chi connectivity index (χ3n) is 3.27. The number of ether oxygens (including phenoxy) is 1. The molecule has 1 unspecified atom stereocenters. The van der Waals surface area contributed by atoms with Crippen molar-refractivity contribution in [3.8, 4) is 11.3 Å². The Bertz CT molecular complexity index is 489. The third-order valence-corrected chi connectivity index (χ3v) is 3.27. The average Bonchev–Trinajstić information content (AvgIpc) is 2.89. The minimum absolute atomic E-state index is 0.295. The number of nitrogens with zero attached hydrogens (tertiary/aromatic N) is 3. The van der Waals surface area contributed by atoms with Gasteiger partial charge >= 0.3 is 0 Å². The summed E-state index contributed by atoms with van der Waals surface area (Å²) in [6, 6.07) is 10.1. The van der Waals surface area contributed by atoms with Gasteiger partial charge in [0, 0.05) is 12.2 Å². The summed E-state index contributed by atoms with van der Waals surface area (Å²) in [4.78, 5) is 0. The fraction of sp³-hybridized carbons (Fsp3) is 0.429. The Hall–Kier alpha value is -1.68. The molecule has 0 aliphatic carbocycles. The average molecular weight is 243 g/mol. The molecule has 0 amide bonds. The number of rotatable bonds is 3. The van der Waals surface area contributed by atoms with Crippen LogP contribution in [0.1, 0.15) is 19.3 Å². The SMILES string of the molecule is c1ccc(-c2cn(CC3CCCCO3)nn2)cc1. The van der Waals surface area contributed by atoms with E-state index < -0.39 is 0 Å². The highest BCUT2D eigenvalue weighted by Gasteiger charge is 2.15. The van der Waals surface area contributed by atoms with Crippen LogP contribution in [-0.4, -0.2) is 27.7 Å².